The summed E-state index contributed by atoms with van der Waals surface area (Å²) in [5, 5.41) is 2.13. The Bertz CT molecular complexity index is 2440. The molecule has 5 unspecified atom stereocenters. The third-order valence-corrected chi connectivity index (χ3v) is 12.4. The van der Waals surface area contributed by atoms with E-state index >= 15 is 0 Å². The van der Waals surface area contributed by atoms with Gasteiger partial charge in [-0.15, -0.1) is 0 Å². The summed E-state index contributed by atoms with van der Waals surface area (Å²) in [5.41, 5.74) is 11.4. The lowest BCUT2D eigenvalue weighted by molar-refractivity contribution is 0.202. The summed E-state index contributed by atoms with van der Waals surface area (Å²) in [5.74, 6) is 4.07. The number of fused-ring (bicyclic) bond motifs is 9. The van der Waals surface area contributed by atoms with Crippen molar-refractivity contribution in [1.82, 2.24) is 29.9 Å². The maximum Gasteiger partial charge on any atom is 0.166 e. The zero-order valence-electron chi connectivity index (χ0n) is 27.8. The van der Waals surface area contributed by atoms with Crippen molar-refractivity contribution in [1.29, 1.82) is 0 Å². The summed E-state index contributed by atoms with van der Waals surface area (Å²) >= 11 is 0. The molecule has 6 heteroatoms. The van der Waals surface area contributed by atoms with Crippen LogP contribution in [0.1, 0.15) is 43.7 Å². The number of aromatic nitrogens is 6. The van der Waals surface area contributed by atoms with E-state index in [0.717, 1.165) is 56.5 Å². The summed E-state index contributed by atoms with van der Waals surface area (Å²) in [4.78, 5) is 28.5. The molecular formula is C44H34N6. The van der Waals surface area contributed by atoms with Gasteiger partial charge in [-0.2, -0.15) is 0 Å². The predicted molar refractivity (Wildman–Crippen MR) is 196 cm³/mol. The largest absolute Gasteiger partial charge is 0.265 e. The third kappa shape index (κ3) is 3.84. The van der Waals surface area contributed by atoms with Gasteiger partial charge in [-0.25, -0.2) is 15.0 Å². The van der Waals surface area contributed by atoms with E-state index in [1.807, 2.05) is 30.5 Å². The molecule has 4 heterocycles. The number of nitrogens with zero attached hydrogens (tertiary/aromatic N) is 6. The van der Waals surface area contributed by atoms with Crippen LogP contribution in [-0.2, 0) is 5.41 Å². The van der Waals surface area contributed by atoms with Gasteiger partial charge in [0.1, 0.15) is 0 Å². The van der Waals surface area contributed by atoms with Gasteiger partial charge in [0.25, 0.3) is 0 Å². The van der Waals surface area contributed by atoms with Crippen molar-refractivity contribution in [2.45, 2.75) is 38.0 Å². The van der Waals surface area contributed by atoms with Gasteiger partial charge in [0.15, 0.2) is 17.5 Å². The van der Waals surface area contributed by atoms with Crippen LogP contribution in [0.15, 0.2) is 122 Å². The van der Waals surface area contributed by atoms with Gasteiger partial charge in [-0.3, -0.25) is 15.0 Å². The Kier molecular flexibility index (Phi) is 5.76. The third-order valence-electron chi connectivity index (χ3n) is 12.4. The van der Waals surface area contributed by atoms with Crippen LogP contribution in [0.4, 0.5) is 0 Å². The fraction of sp³-hybridized carbons (Fsp3) is 0.227. The van der Waals surface area contributed by atoms with Crippen LogP contribution in [0, 0.1) is 23.2 Å². The van der Waals surface area contributed by atoms with Crippen molar-refractivity contribution >= 4 is 10.8 Å². The minimum Gasteiger partial charge on any atom is -0.265 e. The number of hydrogen-bond acceptors (Lipinski definition) is 6. The molecular weight excluding hydrogens is 613 g/mol. The molecule has 3 fully saturated rings. The van der Waals surface area contributed by atoms with Crippen molar-refractivity contribution in [3.05, 3.63) is 133 Å². The van der Waals surface area contributed by atoms with Gasteiger partial charge in [0.05, 0.1) is 5.69 Å². The molecule has 0 radical (unpaired) electrons. The van der Waals surface area contributed by atoms with E-state index in [1.165, 1.54) is 36.8 Å². The molecule has 0 amide bonds. The van der Waals surface area contributed by atoms with Crippen molar-refractivity contribution in [3.63, 3.8) is 0 Å². The molecule has 4 aromatic heterocycles. The maximum atomic E-state index is 5.19. The highest BCUT2D eigenvalue weighted by molar-refractivity contribution is 6.03. The quantitative estimate of drug-likeness (QED) is 0.190. The monoisotopic (exact) mass is 646 g/mol. The van der Waals surface area contributed by atoms with Gasteiger partial charge in [0, 0.05) is 64.0 Å². The topological polar surface area (TPSA) is 77.3 Å². The molecule has 5 atom stereocenters. The Morgan fingerprint density at radius 1 is 0.580 bits per heavy atom. The van der Waals surface area contributed by atoms with Gasteiger partial charge in [-0.1, -0.05) is 67.6 Å². The summed E-state index contributed by atoms with van der Waals surface area (Å²) in [6.07, 6.45) is 14.5. The fourth-order valence-electron chi connectivity index (χ4n) is 10.7. The molecule has 0 N–H and O–H groups in total. The second-order valence-corrected chi connectivity index (χ2v) is 15.1. The number of benzene rings is 3. The summed E-state index contributed by atoms with van der Waals surface area (Å²) in [7, 11) is 0. The molecule has 2 bridgehead atoms. The molecule has 3 saturated carbocycles. The zero-order chi connectivity index (χ0) is 33.0. The SMILES string of the molecule is CC1CC2CC3(C1)CC3C21c2ccccc2-c2cc(-c3ncc(-c4nc(-c5ccncc5)nc(-c5ccncc5)n4)c4ccccc34)ccc21. The lowest BCUT2D eigenvalue weighted by Gasteiger charge is -2.39. The van der Waals surface area contributed by atoms with Crippen LogP contribution in [0.5, 0.6) is 0 Å². The summed E-state index contributed by atoms with van der Waals surface area (Å²) in [6, 6.07) is 32.8. The van der Waals surface area contributed by atoms with Crippen LogP contribution >= 0.6 is 0 Å². The molecule has 4 aliphatic carbocycles. The first-order valence-electron chi connectivity index (χ1n) is 17.8. The Morgan fingerprint density at radius 2 is 1.24 bits per heavy atom. The van der Waals surface area contributed by atoms with Gasteiger partial charge < -0.3 is 0 Å². The highest BCUT2D eigenvalue weighted by atomic mass is 15.0. The highest BCUT2D eigenvalue weighted by Gasteiger charge is 2.75. The van der Waals surface area contributed by atoms with Crippen LogP contribution < -0.4 is 0 Å². The van der Waals surface area contributed by atoms with E-state index in [2.05, 4.69) is 83.6 Å². The molecule has 0 aliphatic heterocycles. The Hall–Kier alpha value is -5.62. The molecule has 7 aromatic rings. The first-order valence-corrected chi connectivity index (χ1v) is 17.8. The van der Waals surface area contributed by atoms with E-state index in [0.29, 0.717) is 22.9 Å². The first-order chi connectivity index (χ1) is 24.6. The van der Waals surface area contributed by atoms with Crippen LogP contribution in [0.3, 0.4) is 0 Å². The number of rotatable bonds is 4. The fourth-order valence-corrected chi connectivity index (χ4v) is 10.7. The second kappa shape index (κ2) is 10.2. The Balaban J connectivity index is 1.07. The smallest absolute Gasteiger partial charge is 0.166 e. The minimum atomic E-state index is 0.159. The van der Waals surface area contributed by atoms with Crippen molar-refractivity contribution in [2.24, 2.45) is 23.2 Å². The zero-order valence-corrected chi connectivity index (χ0v) is 27.8. The Morgan fingerprint density at radius 3 is 2.00 bits per heavy atom. The molecule has 0 saturated heterocycles. The molecule has 3 aromatic carbocycles. The van der Waals surface area contributed by atoms with E-state index in [-0.39, 0.29) is 5.41 Å². The second-order valence-electron chi connectivity index (χ2n) is 15.1. The number of hydrogen-bond donors (Lipinski definition) is 0. The molecule has 2 spiro atoms. The lowest BCUT2D eigenvalue weighted by atomic mass is 9.64. The number of pyridine rings is 3. The summed E-state index contributed by atoms with van der Waals surface area (Å²) < 4.78 is 0. The van der Waals surface area contributed by atoms with E-state index in [9.17, 15) is 0 Å². The molecule has 50 heavy (non-hydrogen) atoms. The Labute approximate surface area is 290 Å². The molecule has 4 aliphatic rings. The van der Waals surface area contributed by atoms with Crippen LogP contribution in [-0.4, -0.2) is 29.9 Å². The molecule has 6 nitrogen and oxygen atoms in total. The van der Waals surface area contributed by atoms with E-state index in [4.69, 9.17) is 19.9 Å². The van der Waals surface area contributed by atoms with Crippen LogP contribution in [0.25, 0.3) is 67.3 Å². The van der Waals surface area contributed by atoms with Gasteiger partial charge >= 0.3 is 0 Å². The standard InChI is InChI=1S/C44H34N6/c1-26-20-30-23-43(22-26)24-38(43)44(30)36-9-5-4-7-32(36)34-21-29(10-11-37(34)44)39-33-8-3-2-6-31(33)35(25-47-39)42-49-40(27-12-16-45-17-13-27)48-41(50-42)28-14-18-46-19-15-28/h2-19,21,25-26,30,38H,20,22-24H2,1H3. The van der Waals surface area contributed by atoms with Crippen molar-refractivity contribution in [3.8, 4) is 56.5 Å². The lowest BCUT2D eigenvalue weighted by Crippen LogP contribution is -2.35. The molecule has 11 rings (SSSR count). The normalized spacial score (nSPS) is 25.3. The van der Waals surface area contributed by atoms with E-state index in [1.54, 1.807) is 35.9 Å². The van der Waals surface area contributed by atoms with E-state index < -0.39 is 0 Å². The highest BCUT2D eigenvalue weighted by Crippen LogP contribution is 2.82. The average Bonchev–Trinajstić information content (AvgIpc) is 3.70. The first kappa shape index (κ1) is 28.2. The maximum absolute atomic E-state index is 5.19. The minimum absolute atomic E-state index is 0.159. The van der Waals surface area contributed by atoms with Crippen molar-refractivity contribution < 1.29 is 0 Å². The van der Waals surface area contributed by atoms with Crippen LogP contribution in [0.2, 0.25) is 0 Å². The van der Waals surface area contributed by atoms with Crippen molar-refractivity contribution in [2.75, 3.05) is 0 Å². The summed E-state index contributed by atoms with van der Waals surface area (Å²) in [6.45, 7) is 2.49. The predicted octanol–water partition coefficient (Wildman–Crippen LogP) is 9.60. The van der Waals surface area contributed by atoms with Gasteiger partial charge in [0.2, 0.25) is 0 Å². The molecule has 240 valence electrons. The van der Waals surface area contributed by atoms with Gasteiger partial charge in [-0.05, 0) is 107 Å². The average molecular weight is 647 g/mol.